The lowest BCUT2D eigenvalue weighted by Gasteiger charge is -2.08. The second-order valence-electron chi connectivity index (χ2n) is 2.95. The molecule has 3 N–H and O–H groups in total. The van der Waals surface area contributed by atoms with E-state index in [2.05, 4.69) is 0 Å². The zero-order valence-electron chi connectivity index (χ0n) is 8.15. The fourth-order valence-corrected chi connectivity index (χ4v) is 2.71. The summed E-state index contributed by atoms with van der Waals surface area (Å²) >= 11 is 11.1. The number of aromatic hydroxyl groups is 1. The first-order valence-corrected chi connectivity index (χ1v) is 6.37. The minimum Gasteiger partial charge on any atom is -0.505 e. The molecule has 0 aliphatic carbocycles. The first-order chi connectivity index (χ1) is 7.74. The third-order valence-electron chi connectivity index (χ3n) is 1.70. The molecule has 0 spiro atoms. The van der Waals surface area contributed by atoms with Gasteiger partial charge in [0.25, 0.3) is 0 Å². The van der Waals surface area contributed by atoms with Crippen molar-refractivity contribution in [3.63, 3.8) is 0 Å². The van der Waals surface area contributed by atoms with E-state index >= 15 is 0 Å². The number of carboxylic acid groups (broad SMARTS) is 1. The van der Waals surface area contributed by atoms with Crippen LogP contribution in [0.1, 0.15) is 0 Å². The van der Waals surface area contributed by atoms with Crippen LogP contribution in [0.2, 0.25) is 10.0 Å². The van der Waals surface area contributed by atoms with Crippen molar-refractivity contribution >= 4 is 39.2 Å². The number of sulfonamides is 1. The molecule has 0 radical (unpaired) electrons. The Labute approximate surface area is 107 Å². The first kappa shape index (κ1) is 14.0. The molecule has 0 fully saturated rings. The maximum absolute atomic E-state index is 11.6. The molecule has 1 aromatic carbocycles. The van der Waals surface area contributed by atoms with Crippen molar-refractivity contribution < 1.29 is 23.4 Å². The fourth-order valence-electron chi connectivity index (χ4n) is 0.982. The lowest BCUT2D eigenvalue weighted by molar-refractivity contribution is -0.135. The smallest absolute Gasteiger partial charge is 0.318 e. The molecule has 0 atom stereocenters. The van der Waals surface area contributed by atoms with E-state index in [4.69, 9.17) is 28.3 Å². The Bertz CT molecular complexity index is 557. The number of nitrogens with one attached hydrogen (secondary N) is 1. The number of halogens is 2. The van der Waals surface area contributed by atoms with Gasteiger partial charge in [-0.25, -0.2) is 8.42 Å². The molecular weight excluding hydrogens is 293 g/mol. The van der Waals surface area contributed by atoms with E-state index in [1.54, 1.807) is 4.72 Å². The predicted octanol–water partition coefficient (Wildman–Crippen LogP) is 1.06. The van der Waals surface area contributed by atoms with Gasteiger partial charge in [-0.1, -0.05) is 23.2 Å². The van der Waals surface area contributed by atoms with E-state index in [1.807, 2.05) is 0 Å². The van der Waals surface area contributed by atoms with E-state index in [1.165, 1.54) is 0 Å². The molecule has 6 nitrogen and oxygen atoms in total. The number of benzene rings is 1. The lowest BCUT2D eigenvalue weighted by atomic mass is 10.3. The molecule has 94 valence electrons. The quantitative estimate of drug-likeness (QED) is 0.771. The van der Waals surface area contributed by atoms with E-state index in [0.717, 1.165) is 12.1 Å². The Morgan fingerprint density at radius 3 is 2.47 bits per heavy atom. The summed E-state index contributed by atoms with van der Waals surface area (Å²) in [4.78, 5) is 9.68. The minimum absolute atomic E-state index is 0.00324. The summed E-state index contributed by atoms with van der Waals surface area (Å²) in [5.74, 6) is -2.05. The van der Waals surface area contributed by atoms with Crippen molar-refractivity contribution in [2.75, 3.05) is 6.54 Å². The van der Waals surface area contributed by atoms with E-state index in [9.17, 15) is 18.3 Å². The summed E-state index contributed by atoms with van der Waals surface area (Å²) < 4.78 is 25.0. The number of rotatable bonds is 4. The van der Waals surface area contributed by atoms with Gasteiger partial charge in [-0.2, -0.15) is 4.72 Å². The van der Waals surface area contributed by atoms with Crippen LogP contribution in [0.5, 0.6) is 5.75 Å². The van der Waals surface area contributed by atoms with Crippen LogP contribution in [0.25, 0.3) is 0 Å². The maximum Gasteiger partial charge on any atom is 0.318 e. The van der Waals surface area contributed by atoms with Crippen LogP contribution in [-0.4, -0.2) is 31.1 Å². The van der Waals surface area contributed by atoms with Gasteiger partial charge in [0.05, 0.1) is 5.02 Å². The zero-order valence-corrected chi connectivity index (χ0v) is 10.5. The van der Waals surface area contributed by atoms with Gasteiger partial charge >= 0.3 is 5.97 Å². The molecule has 1 aromatic rings. The van der Waals surface area contributed by atoms with Crippen molar-refractivity contribution in [1.29, 1.82) is 0 Å². The molecule has 9 heteroatoms. The molecular formula is C8H7Cl2NO5S. The van der Waals surface area contributed by atoms with Crippen LogP contribution >= 0.6 is 23.2 Å². The fraction of sp³-hybridized carbons (Fsp3) is 0.125. The summed E-state index contributed by atoms with van der Waals surface area (Å²) in [6.07, 6.45) is 0. The maximum atomic E-state index is 11.6. The highest BCUT2D eigenvalue weighted by molar-refractivity contribution is 7.89. The molecule has 0 bridgehead atoms. The predicted molar refractivity (Wildman–Crippen MR) is 61.0 cm³/mol. The van der Waals surface area contributed by atoms with Crippen molar-refractivity contribution in [3.05, 3.63) is 22.2 Å². The molecule has 0 aliphatic rings. The lowest BCUT2D eigenvalue weighted by Crippen LogP contribution is -2.29. The summed E-state index contributed by atoms with van der Waals surface area (Å²) in [6.45, 7) is -0.814. The van der Waals surface area contributed by atoms with Crippen LogP contribution in [-0.2, 0) is 14.8 Å². The average molecular weight is 300 g/mol. The summed E-state index contributed by atoms with van der Waals surface area (Å²) in [6, 6.07) is 2.13. The van der Waals surface area contributed by atoms with Crippen molar-refractivity contribution in [2.45, 2.75) is 4.90 Å². The van der Waals surface area contributed by atoms with E-state index in [-0.39, 0.29) is 10.0 Å². The number of carboxylic acids is 1. The van der Waals surface area contributed by atoms with Crippen LogP contribution in [0.15, 0.2) is 17.0 Å². The number of carbonyl (C=O) groups is 1. The standard InChI is InChI=1S/C8H7Cl2NO5S/c9-4-1-5(10)8(14)6(2-4)17(15,16)11-3-7(12)13/h1-2,11,14H,3H2,(H,12,13). The second-order valence-corrected chi connectivity index (χ2v) is 5.53. The number of phenolic OH excluding ortho intramolecular Hbond substituents is 1. The SMILES string of the molecule is O=C(O)CNS(=O)(=O)c1cc(Cl)cc(Cl)c1O. The zero-order chi connectivity index (χ0) is 13.2. The Hall–Kier alpha value is -1.02. The Kier molecular flexibility index (Phi) is 4.21. The number of aliphatic carboxylic acids is 1. The van der Waals surface area contributed by atoms with Gasteiger partial charge in [0.1, 0.15) is 11.4 Å². The van der Waals surface area contributed by atoms with Gasteiger partial charge in [-0.15, -0.1) is 0 Å². The molecule has 0 aromatic heterocycles. The van der Waals surface area contributed by atoms with Gasteiger partial charge in [0.2, 0.25) is 10.0 Å². The largest absolute Gasteiger partial charge is 0.505 e. The molecule has 0 saturated heterocycles. The highest BCUT2D eigenvalue weighted by Crippen LogP contribution is 2.33. The number of hydrogen-bond acceptors (Lipinski definition) is 4. The van der Waals surface area contributed by atoms with Crippen molar-refractivity contribution in [2.24, 2.45) is 0 Å². The minimum atomic E-state index is -4.18. The van der Waals surface area contributed by atoms with Crippen molar-refractivity contribution in [3.8, 4) is 5.75 Å². The molecule has 0 saturated carbocycles. The highest BCUT2D eigenvalue weighted by atomic mass is 35.5. The Morgan fingerprint density at radius 2 is 1.94 bits per heavy atom. The van der Waals surface area contributed by atoms with Crippen LogP contribution < -0.4 is 4.72 Å². The first-order valence-electron chi connectivity index (χ1n) is 4.13. The molecule has 0 unspecified atom stereocenters. The van der Waals surface area contributed by atoms with Crippen molar-refractivity contribution in [1.82, 2.24) is 4.72 Å². The molecule has 17 heavy (non-hydrogen) atoms. The van der Waals surface area contributed by atoms with Crippen LogP contribution in [0.3, 0.4) is 0 Å². The summed E-state index contributed by atoms with van der Waals surface area (Å²) in [5, 5.41) is 17.6. The second kappa shape index (κ2) is 5.09. The van der Waals surface area contributed by atoms with Crippen LogP contribution in [0.4, 0.5) is 0 Å². The monoisotopic (exact) mass is 299 g/mol. The number of phenols is 1. The van der Waals surface area contributed by atoms with Crippen LogP contribution in [0, 0.1) is 0 Å². The molecule has 0 aliphatic heterocycles. The van der Waals surface area contributed by atoms with Gasteiger partial charge in [0.15, 0.2) is 5.75 Å². The van der Waals surface area contributed by atoms with Gasteiger partial charge in [-0.3, -0.25) is 4.79 Å². The third-order valence-corrected chi connectivity index (χ3v) is 3.62. The van der Waals surface area contributed by atoms with E-state index in [0.29, 0.717) is 0 Å². The average Bonchev–Trinajstić information content (AvgIpc) is 2.20. The van der Waals surface area contributed by atoms with Gasteiger partial charge in [-0.05, 0) is 12.1 Å². The Morgan fingerprint density at radius 1 is 1.35 bits per heavy atom. The van der Waals surface area contributed by atoms with Gasteiger partial charge in [0, 0.05) is 5.02 Å². The molecule has 1 rings (SSSR count). The summed E-state index contributed by atoms with van der Waals surface area (Å²) in [5.41, 5.74) is 0. The normalized spacial score (nSPS) is 11.4. The summed E-state index contributed by atoms with van der Waals surface area (Å²) in [7, 11) is -4.18. The third kappa shape index (κ3) is 3.47. The number of hydrogen-bond donors (Lipinski definition) is 3. The molecule has 0 heterocycles. The molecule has 0 amide bonds. The van der Waals surface area contributed by atoms with Gasteiger partial charge < -0.3 is 10.2 Å². The highest BCUT2D eigenvalue weighted by Gasteiger charge is 2.22. The van der Waals surface area contributed by atoms with E-state index < -0.39 is 33.2 Å². The Balaban J connectivity index is 3.19. The topological polar surface area (TPSA) is 104 Å².